The van der Waals surface area contributed by atoms with E-state index in [1.165, 1.54) is 0 Å². The van der Waals surface area contributed by atoms with Crippen LogP contribution in [0.25, 0.3) is 22.2 Å². The molecule has 0 radical (unpaired) electrons. The minimum atomic E-state index is -0.100. The molecule has 0 amide bonds. The second-order valence-corrected chi connectivity index (χ2v) is 7.23. The molecule has 0 saturated heterocycles. The predicted octanol–water partition coefficient (Wildman–Crippen LogP) is 4.31. The van der Waals surface area contributed by atoms with E-state index in [2.05, 4.69) is 40.3 Å². The minimum absolute atomic E-state index is 0.0131. The fourth-order valence-corrected chi connectivity index (χ4v) is 3.63. The van der Waals surface area contributed by atoms with Gasteiger partial charge >= 0.3 is 0 Å². The Labute approximate surface area is 196 Å². The summed E-state index contributed by atoms with van der Waals surface area (Å²) >= 11 is 0. The van der Waals surface area contributed by atoms with Crippen molar-refractivity contribution in [2.24, 2.45) is 0 Å². The van der Waals surface area contributed by atoms with Crippen LogP contribution >= 0.6 is 0 Å². The van der Waals surface area contributed by atoms with Crippen LogP contribution in [0.5, 0.6) is 0 Å². The van der Waals surface area contributed by atoms with E-state index in [-0.39, 0.29) is 13.2 Å². The summed E-state index contributed by atoms with van der Waals surface area (Å²) in [4.78, 5) is 7.92. The van der Waals surface area contributed by atoms with Crippen molar-refractivity contribution in [3.8, 4) is 24.0 Å². The van der Waals surface area contributed by atoms with Gasteiger partial charge < -0.3 is 25.3 Å². The Balaban J connectivity index is 0.00000187. The number of ether oxygens (including phenoxy) is 1. The van der Waals surface area contributed by atoms with Gasteiger partial charge in [0.1, 0.15) is 18.0 Å². The maximum atomic E-state index is 9.54. The number of aromatic nitrogens is 2. The molecular formula is C27H33N3O3. The molecule has 174 valence electrons. The van der Waals surface area contributed by atoms with Crippen LogP contribution in [0.3, 0.4) is 0 Å². The highest BCUT2D eigenvalue weighted by Gasteiger charge is 2.14. The number of aromatic amines is 1. The normalized spacial score (nSPS) is 11.8. The predicted molar refractivity (Wildman–Crippen MR) is 134 cm³/mol. The molecule has 0 unspecified atom stereocenters. The Kier molecular flexibility index (Phi) is 10.9. The minimum Gasteiger partial charge on any atom is -0.496 e. The number of pyridine rings is 1. The largest absolute Gasteiger partial charge is 0.496 e. The number of aliphatic hydroxyl groups excluding tert-OH is 2. The number of H-pyrrole nitrogens is 1. The van der Waals surface area contributed by atoms with Crippen LogP contribution in [-0.4, -0.2) is 39.9 Å². The highest BCUT2D eigenvalue weighted by atomic mass is 16.5. The van der Waals surface area contributed by atoms with E-state index in [9.17, 15) is 10.2 Å². The number of nitrogens with zero attached hydrogens (tertiary/aromatic N) is 1. The lowest BCUT2D eigenvalue weighted by Crippen LogP contribution is -2.16. The molecule has 3 aromatic rings. The van der Waals surface area contributed by atoms with E-state index >= 15 is 0 Å². The highest BCUT2D eigenvalue weighted by molar-refractivity contribution is 5.95. The molecule has 0 spiro atoms. The first-order valence-electron chi connectivity index (χ1n) is 11.0. The number of fused-ring (bicyclic) bond motifs is 1. The summed E-state index contributed by atoms with van der Waals surface area (Å²) in [6, 6.07) is 12.0. The van der Waals surface area contributed by atoms with Crippen LogP contribution in [0.4, 0.5) is 0 Å². The summed E-state index contributed by atoms with van der Waals surface area (Å²) in [7, 11) is 0. The van der Waals surface area contributed by atoms with E-state index in [1.54, 1.807) is 6.20 Å². The molecule has 33 heavy (non-hydrogen) atoms. The highest BCUT2D eigenvalue weighted by Crippen LogP contribution is 2.32. The van der Waals surface area contributed by atoms with E-state index in [0.29, 0.717) is 18.9 Å². The maximum absolute atomic E-state index is 9.54. The Morgan fingerprint density at radius 1 is 1.21 bits per heavy atom. The molecule has 0 aliphatic heterocycles. The number of hydrogen-bond donors (Lipinski definition) is 4. The lowest BCUT2D eigenvalue weighted by Gasteiger charge is -2.10. The molecule has 0 aliphatic rings. The van der Waals surface area contributed by atoms with Crippen molar-refractivity contribution in [2.45, 2.75) is 33.4 Å². The van der Waals surface area contributed by atoms with E-state index < -0.39 is 0 Å². The lowest BCUT2D eigenvalue weighted by molar-refractivity contribution is 0.171. The van der Waals surface area contributed by atoms with E-state index in [0.717, 1.165) is 52.0 Å². The van der Waals surface area contributed by atoms with Gasteiger partial charge in [0.25, 0.3) is 0 Å². The summed E-state index contributed by atoms with van der Waals surface area (Å²) in [5.74, 6) is 0.586. The van der Waals surface area contributed by atoms with Crippen LogP contribution in [0.1, 0.15) is 31.5 Å². The van der Waals surface area contributed by atoms with Crippen LogP contribution in [-0.2, 0) is 17.9 Å². The zero-order chi connectivity index (χ0) is 24.1. The average molecular weight is 448 g/mol. The van der Waals surface area contributed by atoms with Crippen molar-refractivity contribution in [1.29, 1.82) is 0 Å². The molecule has 3 rings (SSSR count). The number of nitrogens with one attached hydrogen (secondary N) is 2. The lowest BCUT2D eigenvalue weighted by atomic mass is 10.0. The number of rotatable bonds is 11. The summed E-state index contributed by atoms with van der Waals surface area (Å²) in [5.41, 5.74) is 6.07. The molecule has 0 fully saturated rings. The van der Waals surface area contributed by atoms with Gasteiger partial charge in [-0.25, -0.2) is 4.98 Å². The van der Waals surface area contributed by atoms with E-state index in [1.807, 2.05) is 50.3 Å². The second kappa shape index (κ2) is 13.9. The van der Waals surface area contributed by atoms with Gasteiger partial charge in [-0.15, -0.1) is 12.8 Å². The summed E-state index contributed by atoms with van der Waals surface area (Å²) in [6.07, 6.45) is 14.5. The summed E-state index contributed by atoms with van der Waals surface area (Å²) in [6.45, 7) is 5.78. The van der Waals surface area contributed by atoms with Crippen LogP contribution < -0.4 is 5.32 Å². The van der Waals surface area contributed by atoms with Crippen molar-refractivity contribution >= 4 is 11.0 Å². The van der Waals surface area contributed by atoms with Crippen LogP contribution in [0.15, 0.2) is 66.1 Å². The summed E-state index contributed by atoms with van der Waals surface area (Å²) in [5, 5.41) is 23.5. The second-order valence-electron chi connectivity index (χ2n) is 7.23. The number of terminal acetylenes is 1. The molecule has 6 heteroatoms. The fraction of sp³-hybridized carbons (Fsp3) is 0.296. The molecule has 2 heterocycles. The number of hydrogen-bond acceptors (Lipinski definition) is 5. The van der Waals surface area contributed by atoms with Crippen molar-refractivity contribution in [3.05, 3.63) is 77.3 Å². The summed E-state index contributed by atoms with van der Waals surface area (Å²) < 4.78 is 5.44. The van der Waals surface area contributed by atoms with Gasteiger partial charge in [0.05, 0.1) is 13.2 Å². The molecule has 0 atom stereocenters. The zero-order valence-corrected chi connectivity index (χ0v) is 19.3. The number of aliphatic hydroxyl groups is 2. The van der Waals surface area contributed by atoms with Crippen molar-refractivity contribution in [1.82, 2.24) is 15.3 Å². The molecule has 2 aromatic heterocycles. The first-order chi connectivity index (χ1) is 16.2. The Hall–Kier alpha value is -3.37. The van der Waals surface area contributed by atoms with Gasteiger partial charge in [-0.1, -0.05) is 24.3 Å². The third kappa shape index (κ3) is 7.06. The quantitative estimate of drug-likeness (QED) is 0.152. The molecule has 0 bridgehead atoms. The molecule has 1 aromatic carbocycles. The van der Waals surface area contributed by atoms with Crippen molar-refractivity contribution in [2.75, 3.05) is 19.8 Å². The molecular weight excluding hydrogens is 414 g/mol. The van der Waals surface area contributed by atoms with Crippen molar-refractivity contribution in [3.63, 3.8) is 0 Å². The maximum Gasteiger partial charge on any atom is 0.138 e. The van der Waals surface area contributed by atoms with Crippen LogP contribution in [0.2, 0.25) is 0 Å². The topological polar surface area (TPSA) is 90.4 Å². The first-order valence-corrected chi connectivity index (χ1v) is 11.0. The third-order valence-electron chi connectivity index (χ3n) is 5.14. The number of allylic oxidation sites excluding steroid dienone is 2. The van der Waals surface area contributed by atoms with Gasteiger partial charge in [0.15, 0.2) is 0 Å². The standard InChI is InChI=1S/C25H31N3O3.C2H2/c1-3-18(14-21(17-30)31-4-2)10-12-26-15-23-24(20-8-5-7-19(13-20)16-29)22-9-6-11-27-25(22)28-23;1-2/h3,5-9,11,13-14,26,29-30H,4,10,12,15-17H2,1-2H3,(H,27,28);1-2H/b18-3-,21-14+;. The number of benzene rings is 1. The fourth-order valence-electron chi connectivity index (χ4n) is 3.63. The smallest absolute Gasteiger partial charge is 0.138 e. The average Bonchev–Trinajstić information content (AvgIpc) is 3.24. The van der Waals surface area contributed by atoms with Gasteiger partial charge in [-0.2, -0.15) is 0 Å². The van der Waals surface area contributed by atoms with Gasteiger partial charge in [-0.3, -0.25) is 0 Å². The Morgan fingerprint density at radius 3 is 2.73 bits per heavy atom. The zero-order valence-electron chi connectivity index (χ0n) is 19.3. The Bertz CT molecular complexity index is 1100. The van der Waals surface area contributed by atoms with Gasteiger partial charge in [0.2, 0.25) is 0 Å². The SMILES string of the molecule is C#C.C/C=C(\C=C(/CO)OCC)CCNCc1[nH]c2ncccc2c1-c1cccc(CO)c1. The third-order valence-corrected chi connectivity index (χ3v) is 5.14. The van der Waals surface area contributed by atoms with Gasteiger partial charge in [-0.05, 0) is 67.8 Å². The molecule has 0 saturated carbocycles. The molecule has 4 N–H and O–H groups in total. The first kappa shape index (κ1) is 25.9. The molecule has 6 nitrogen and oxygen atoms in total. The van der Waals surface area contributed by atoms with Crippen LogP contribution in [0, 0.1) is 12.8 Å². The molecule has 0 aliphatic carbocycles. The van der Waals surface area contributed by atoms with Crippen molar-refractivity contribution < 1.29 is 14.9 Å². The van der Waals surface area contributed by atoms with E-state index in [4.69, 9.17) is 4.74 Å². The monoisotopic (exact) mass is 447 g/mol. The van der Waals surface area contributed by atoms with Gasteiger partial charge in [0, 0.05) is 29.4 Å². The Morgan fingerprint density at radius 2 is 2.03 bits per heavy atom.